The summed E-state index contributed by atoms with van der Waals surface area (Å²) in [6.45, 7) is 13.9. The number of hydrogen-bond acceptors (Lipinski definition) is 27. The van der Waals surface area contributed by atoms with Crippen LogP contribution >= 0.6 is 0 Å². The van der Waals surface area contributed by atoms with Crippen molar-refractivity contribution in [2.24, 2.45) is 0 Å². The minimum absolute atomic E-state index is 0.0153. The molecule has 9 aliphatic heterocycles. The van der Waals surface area contributed by atoms with Crippen LogP contribution in [0.2, 0.25) is 0 Å². The van der Waals surface area contributed by atoms with Gasteiger partial charge in [0, 0.05) is 173 Å². The summed E-state index contributed by atoms with van der Waals surface area (Å²) < 4.78 is 43.8. The van der Waals surface area contributed by atoms with E-state index in [1.807, 2.05) is 103 Å². The number of likely N-dealkylation sites (N-methyl/N-ethyl adjacent to an activating group) is 1. The van der Waals surface area contributed by atoms with Gasteiger partial charge >= 0.3 is 30.3 Å². The van der Waals surface area contributed by atoms with Crippen molar-refractivity contribution in [1.82, 2.24) is 74.7 Å². The van der Waals surface area contributed by atoms with Gasteiger partial charge in [0.05, 0.1) is 101 Å². The van der Waals surface area contributed by atoms with Gasteiger partial charge in [-0.25, -0.2) is 49.1 Å². The lowest BCUT2D eigenvalue weighted by Crippen LogP contribution is -2.49. The maximum absolute atomic E-state index is 13.6. The maximum Gasteiger partial charge on any atom is 0.433 e. The Morgan fingerprint density at radius 1 is 0.440 bits per heavy atom. The second-order valence-corrected chi connectivity index (χ2v) is 31.5. The molecule has 0 spiro atoms. The quantitative estimate of drug-likeness (QED) is 0.0661. The Morgan fingerprint density at radius 2 is 0.888 bits per heavy atom. The Labute approximate surface area is 715 Å². The molecular weight excluding hydrogens is 1610 g/mol. The van der Waals surface area contributed by atoms with E-state index in [0.29, 0.717) is 46.9 Å². The minimum atomic E-state index is -4.51. The maximum atomic E-state index is 13.6. The number of urea groups is 4. The van der Waals surface area contributed by atoms with Crippen LogP contribution in [0, 0.1) is 13.8 Å². The number of alkyl halides is 3. The number of hydrogen-bond donors (Lipinski definition) is 6. The van der Waals surface area contributed by atoms with E-state index in [2.05, 4.69) is 131 Å². The average molecular weight is 1690 g/mol. The van der Waals surface area contributed by atoms with Crippen molar-refractivity contribution in [2.75, 3.05) is 164 Å². The number of rotatable bonds is 12. The van der Waals surface area contributed by atoms with Crippen LogP contribution in [0.5, 0.6) is 5.88 Å². The number of carbonyl (C=O) groups excluding carboxylic acids is 4. The van der Waals surface area contributed by atoms with Gasteiger partial charge in [0.25, 0.3) is 0 Å². The number of benzene rings is 1. The Kier molecular flexibility index (Phi) is 22.9. The predicted octanol–water partition coefficient (Wildman–Crippen LogP) is 11.1. The molecule has 11 aromatic heterocycles. The zero-order valence-corrected chi connectivity index (χ0v) is 68.3. The third-order valence-electron chi connectivity index (χ3n) is 23.3. The van der Waals surface area contributed by atoms with Crippen LogP contribution in [0.4, 0.5) is 107 Å². The number of aromatic nitrogens is 14. The van der Waals surface area contributed by atoms with Gasteiger partial charge in [-0.05, 0) is 144 Å². The summed E-state index contributed by atoms with van der Waals surface area (Å²) in [6, 6.07) is 32.7. The molecule has 0 unspecified atom stereocenters. The molecule has 6 N–H and O–H groups in total. The Hall–Kier alpha value is -14.5. The number of ether oxygens (including phenoxy) is 1. The van der Waals surface area contributed by atoms with E-state index in [-0.39, 0.29) is 66.6 Å². The number of amides is 8. The first-order chi connectivity index (χ1) is 60.8. The Balaban J connectivity index is 0.000000113. The zero-order chi connectivity index (χ0) is 86.0. The molecule has 35 nitrogen and oxygen atoms in total. The van der Waals surface area contributed by atoms with Crippen LogP contribution < -0.4 is 70.1 Å². The standard InChI is InChI=1S/C25H22N6O.C23H25N7O4.C20H16F3N7O.C19H24N8O/c1-16-5-6-18(14-27-16)21-7-8-23-24(28-21)31(19-10-12-30(23)15-19)25(32)29-22-4-2-3-17-13-26-11-9-20(17)22;1-14-2-3-15(8-25-14)18-4-5-19-22(26-18)30(16-6-7-29(19)11-16)23(33)28-20-9-24-10-21(27-20)34-13-17(32)12-31;21-20(22,23)16-4-1-12(9-26-16)14-2-3-15-18(27-14)30(13-5-8-29(15)11-13)19(31)28-17-10-24-6-7-25-17;1-24-8-10-25(11-9-24)17-3-2-15-18(23-17)27(14-4-7-26(15)13-14)19(28)22-16-12-20-5-6-21-16/h2-9,11,13-14,19H,10,12,15H2,1H3,(H,29,32);2-5,8-10,16-17,31-32H,6-7,11-13H2,1H3,(H,27,28,33);1-4,6-7,9-10,13H,5,8,11H2,(H,25,28,31);2-3,5-6,12,14H,4,7-11,13H2,1H3,(H,21,22,28)/t19-;16-,17-;13-;14-/m0000/s1. The SMILES string of the molecule is CN1CCN(c2ccc3c(n2)N(C(=O)Nc2cnccn2)[C@H]2CCN3C2)CC1.Cc1ccc(-c2ccc3c(n2)N(C(=O)Nc2cccc4cnccc24)[C@H]2CCN3C2)cn1.Cc1ccc(-c2ccc3c(n2)N(C(=O)Nc2cncc(OC[C@@H](O)CO)n2)[C@H]2CCN3C2)cn1.O=C(Nc1cnccn1)N1c2nc(-c3ccc(C(F)(F)F)nc3)ccc2N2CC[C@H]1C2. The molecule has 638 valence electrons. The van der Waals surface area contributed by atoms with E-state index < -0.39 is 24.6 Å². The van der Waals surface area contributed by atoms with Gasteiger partial charge in [0.1, 0.15) is 24.2 Å². The van der Waals surface area contributed by atoms with Crippen LogP contribution in [0.25, 0.3) is 44.5 Å². The molecule has 21 rings (SSSR count). The number of aryl methyl sites for hydroxylation is 2. The summed E-state index contributed by atoms with van der Waals surface area (Å²) in [4.78, 5) is 134. The van der Waals surface area contributed by atoms with E-state index in [0.717, 1.165) is 195 Å². The summed E-state index contributed by atoms with van der Waals surface area (Å²) in [7, 11) is 2.14. The van der Waals surface area contributed by atoms with E-state index >= 15 is 0 Å². The van der Waals surface area contributed by atoms with E-state index in [4.69, 9.17) is 24.8 Å². The predicted molar refractivity (Wildman–Crippen MR) is 466 cm³/mol. The van der Waals surface area contributed by atoms with Gasteiger partial charge < -0.3 is 49.7 Å². The molecule has 5 atom stereocenters. The van der Waals surface area contributed by atoms with Crippen molar-refractivity contribution in [1.29, 1.82) is 0 Å². The Bertz CT molecular complexity index is 5950. The van der Waals surface area contributed by atoms with E-state index in [1.54, 1.807) is 53.0 Å². The van der Waals surface area contributed by atoms with Crippen molar-refractivity contribution >= 4 is 110 Å². The summed E-state index contributed by atoms with van der Waals surface area (Å²) in [5.41, 5.74) is 9.65. The number of aliphatic hydroxyl groups is 2. The third-order valence-corrected chi connectivity index (χ3v) is 23.3. The topological polar surface area (TPSA) is 379 Å². The highest BCUT2D eigenvalue weighted by Gasteiger charge is 2.46. The zero-order valence-electron chi connectivity index (χ0n) is 68.3. The number of nitrogens with one attached hydrogen (secondary N) is 4. The second-order valence-electron chi connectivity index (χ2n) is 31.5. The molecule has 0 saturated carbocycles. The lowest BCUT2D eigenvalue weighted by Gasteiger charge is -2.37. The molecule has 125 heavy (non-hydrogen) atoms. The first-order valence-corrected chi connectivity index (χ1v) is 41.1. The lowest BCUT2D eigenvalue weighted by molar-refractivity contribution is -0.141. The summed E-state index contributed by atoms with van der Waals surface area (Å²) >= 11 is 0. The van der Waals surface area contributed by atoms with Crippen molar-refractivity contribution < 1.29 is 47.3 Å². The smallest absolute Gasteiger partial charge is 0.433 e. The molecule has 8 amide bonds. The molecule has 20 heterocycles. The van der Waals surface area contributed by atoms with Gasteiger partial charge in [-0.3, -0.25) is 70.4 Å². The molecule has 9 aliphatic rings. The lowest BCUT2D eigenvalue weighted by atomic mass is 10.1. The largest absolute Gasteiger partial charge is 0.474 e. The van der Waals surface area contributed by atoms with Crippen molar-refractivity contribution in [2.45, 2.75) is 76.0 Å². The molecule has 8 bridgehead atoms. The van der Waals surface area contributed by atoms with Crippen LogP contribution in [-0.4, -0.2) is 238 Å². The number of halogens is 3. The minimum Gasteiger partial charge on any atom is -0.474 e. The average Bonchev–Trinajstić information content (AvgIpc) is 1.65. The second kappa shape index (κ2) is 35.1. The van der Waals surface area contributed by atoms with Crippen LogP contribution in [0.3, 0.4) is 0 Å². The number of carbonyl (C=O) groups is 4. The monoisotopic (exact) mass is 1690 g/mol. The summed E-state index contributed by atoms with van der Waals surface area (Å²) in [6.07, 6.45) is 18.2. The van der Waals surface area contributed by atoms with Gasteiger partial charge in [-0.1, -0.05) is 12.1 Å². The number of anilines is 13. The summed E-state index contributed by atoms with van der Waals surface area (Å²) in [5, 5.41) is 31.9. The van der Waals surface area contributed by atoms with Gasteiger partial charge in [0.2, 0.25) is 5.88 Å². The number of pyridine rings is 8. The first-order valence-electron chi connectivity index (χ1n) is 41.1. The fraction of sp³-hybridized carbons (Fsp3) is 0.310. The van der Waals surface area contributed by atoms with Crippen molar-refractivity contribution in [3.8, 4) is 39.7 Å². The number of piperazine rings is 1. The molecule has 0 radical (unpaired) electrons. The van der Waals surface area contributed by atoms with Gasteiger partial charge in [-0.2, -0.15) is 18.2 Å². The highest BCUT2D eigenvalue weighted by Crippen LogP contribution is 2.46. The molecular formula is C87H87F3N28O7. The Morgan fingerprint density at radius 3 is 1.34 bits per heavy atom. The van der Waals surface area contributed by atoms with Crippen molar-refractivity contribution in [3.63, 3.8) is 0 Å². The highest BCUT2D eigenvalue weighted by molar-refractivity contribution is 6.10. The molecule has 38 heteroatoms. The molecule has 12 aromatic rings. The first kappa shape index (κ1) is 81.5. The number of aliphatic hydroxyl groups excluding tert-OH is 2. The number of fused-ring (bicyclic) bond motifs is 17. The number of nitrogens with zero attached hydrogens (tertiary/aromatic N) is 24. The summed E-state index contributed by atoms with van der Waals surface area (Å²) in [5.74, 6) is 4.53. The van der Waals surface area contributed by atoms with Crippen LogP contribution in [-0.2, 0) is 6.18 Å². The molecule has 5 saturated heterocycles. The molecule has 5 fully saturated rings. The fourth-order valence-electron chi connectivity index (χ4n) is 16.9. The van der Waals surface area contributed by atoms with E-state index in [1.165, 1.54) is 37.1 Å². The molecule has 1 aromatic carbocycles. The normalized spacial score (nSPS) is 18.2. The van der Waals surface area contributed by atoms with Crippen molar-refractivity contribution in [3.05, 3.63) is 207 Å². The molecule has 0 aliphatic carbocycles. The van der Waals surface area contributed by atoms with Crippen LogP contribution in [0.15, 0.2) is 190 Å². The van der Waals surface area contributed by atoms with Gasteiger partial charge in [0.15, 0.2) is 40.7 Å². The fourth-order valence-corrected chi connectivity index (χ4v) is 16.9. The van der Waals surface area contributed by atoms with Gasteiger partial charge in [-0.15, -0.1) is 0 Å². The van der Waals surface area contributed by atoms with Crippen LogP contribution in [0.1, 0.15) is 42.8 Å². The highest BCUT2D eigenvalue weighted by atomic mass is 19.4. The third kappa shape index (κ3) is 17.4. The van der Waals surface area contributed by atoms with E-state index in [9.17, 15) is 37.5 Å².